The van der Waals surface area contributed by atoms with Crippen LogP contribution in [0, 0.1) is 20.8 Å². The molecule has 0 radical (unpaired) electrons. The molecule has 1 aromatic rings. The van der Waals surface area contributed by atoms with Crippen molar-refractivity contribution >= 4 is 5.91 Å². The van der Waals surface area contributed by atoms with Crippen molar-refractivity contribution in [2.75, 3.05) is 7.05 Å². The molecule has 1 heterocycles. The Morgan fingerprint density at radius 1 is 1.25 bits per heavy atom. The van der Waals surface area contributed by atoms with E-state index in [1.165, 1.54) is 0 Å². The molecule has 66 valence electrons. The van der Waals surface area contributed by atoms with Crippen LogP contribution in [-0.4, -0.2) is 17.9 Å². The molecule has 2 N–H and O–H groups in total. The van der Waals surface area contributed by atoms with E-state index < -0.39 is 0 Å². The van der Waals surface area contributed by atoms with E-state index in [1.807, 2.05) is 20.8 Å². The molecule has 1 amide bonds. The minimum Gasteiger partial charge on any atom is -0.362 e. The first-order valence-electron chi connectivity index (χ1n) is 3.95. The van der Waals surface area contributed by atoms with Crippen molar-refractivity contribution in [3.8, 4) is 0 Å². The van der Waals surface area contributed by atoms with Crippen LogP contribution in [0.1, 0.15) is 27.3 Å². The zero-order chi connectivity index (χ0) is 9.30. The number of aromatic nitrogens is 1. The third kappa shape index (κ3) is 1.22. The lowest BCUT2D eigenvalue weighted by atomic mass is 10.1. The minimum atomic E-state index is -0.0191. The SMILES string of the molecule is CNC(=O)c1c(C)[nH]c(C)c1C. The number of hydrogen-bond donors (Lipinski definition) is 2. The second-order valence-corrected chi connectivity index (χ2v) is 2.95. The Bertz CT molecular complexity index is 313. The summed E-state index contributed by atoms with van der Waals surface area (Å²) in [5, 5.41) is 2.62. The highest BCUT2D eigenvalue weighted by molar-refractivity contribution is 5.96. The fourth-order valence-corrected chi connectivity index (χ4v) is 1.37. The van der Waals surface area contributed by atoms with E-state index in [2.05, 4.69) is 10.3 Å². The van der Waals surface area contributed by atoms with Gasteiger partial charge in [0.05, 0.1) is 5.56 Å². The number of amides is 1. The van der Waals surface area contributed by atoms with Crippen molar-refractivity contribution in [3.05, 3.63) is 22.5 Å². The number of carbonyl (C=O) groups excluding carboxylic acids is 1. The lowest BCUT2D eigenvalue weighted by Gasteiger charge is -1.99. The standard InChI is InChI=1S/C9H14N2O/c1-5-6(2)11-7(3)8(5)9(12)10-4/h11H,1-4H3,(H,10,12). The lowest BCUT2D eigenvalue weighted by Crippen LogP contribution is -2.19. The van der Waals surface area contributed by atoms with Gasteiger partial charge in [0.15, 0.2) is 0 Å². The number of nitrogens with one attached hydrogen (secondary N) is 2. The molecule has 0 aliphatic heterocycles. The maximum Gasteiger partial charge on any atom is 0.253 e. The van der Waals surface area contributed by atoms with Crippen LogP contribution in [0.25, 0.3) is 0 Å². The van der Waals surface area contributed by atoms with Gasteiger partial charge in [0.25, 0.3) is 5.91 Å². The van der Waals surface area contributed by atoms with Gasteiger partial charge >= 0.3 is 0 Å². The van der Waals surface area contributed by atoms with Crippen molar-refractivity contribution in [3.63, 3.8) is 0 Å². The Balaban J connectivity index is 3.22. The number of rotatable bonds is 1. The summed E-state index contributed by atoms with van der Waals surface area (Å²) in [6.45, 7) is 5.82. The minimum absolute atomic E-state index is 0.0191. The maximum atomic E-state index is 11.3. The Kier molecular flexibility index (Phi) is 2.22. The zero-order valence-corrected chi connectivity index (χ0v) is 7.91. The Labute approximate surface area is 72.2 Å². The molecule has 12 heavy (non-hydrogen) atoms. The first-order chi connectivity index (χ1) is 5.57. The van der Waals surface area contributed by atoms with Gasteiger partial charge in [-0.3, -0.25) is 4.79 Å². The van der Waals surface area contributed by atoms with E-state index in [1.54, 1.807) is 7.05 Å². The van der Waals surface area contributed by atoms with Crippen LogP contribution in [0.2, 0.25) is 0 Å². The molecule has 0 aliphatic rings. The summed E-state index contributed by atoms with van der Waals surface area (Å²) < 4.78 is 0. The largest absolute Gasteiger partial charge is 0.362 e. The quantitative estimate of drug-likeness (QED) is 0.649. The van der Waals surface area contributed by atoms with E-state index in [4.69, 9.17) is 0 Å². The van der Waals surface area contributed by atoms with Crippen LogP contribution in [0.15, 0.2) is 0 Å². The second kappa shape index (κ2) is 3.01. The highest BCUT2D eigenvalue weighted by Crippen LogP contribution is 2.16. The van der Waals surface area contributed by atoms with Crippen molar-refractivity contribution < 1.29 is 4.79 Å². The molecule has 0 aliphatic carbocycles. The van der Waals surface area contributed by atoms with Crippen molar-refractivity contribution in [1.82, 2.24) is 10.3 Å². The van der Waals surface area contributed by atoms with Gasteiger partial charge in [-0.2, -0.15) is 0 Å². The van der Waals surface area contributed by atoms with Gasteiger partial charge < -0.3 is 10.3 Å². The molecule has 0 spiro atoms. The second-order valence-electron chi connectivity index (χ2n) is 2.95. The first-order valence-corrected chi connectivity index (χ1v) is 3.95. The smallest absolute Gasteiger partial charge is 0.253 e. The van der Waals surface area contributed by atoms with Crippen LogP contribution in [-0.2, 0) is 0 Å². The molecule has 1 rings (SSSR count). The number of hydrogen-bond acceptors (Lipinski definition) is 1. The molecule has 0 saturated carbocycles. The number of aromatic amines is 1. The van der Waals surface area contributed by atoms with Crippen molar-refractivity contribution in [1.29, 1.82) is 0 Å². The van der Waals surface area contributed by atoms with Gasteiger partial charge in [-0.15, -0.1) is 0 Å². The molecule has 0 saturated heterocycles. The molecule has 0 aromatic carbocycles. The van der Waals surface area contributed by atoms with Gasteiger partial charge in [-0.1, -0.05) is 0 Å². The Morgan fingerprint density at radius 3 is 2.17 bits per heavy atom. The number of carbonyl (C=O) groups is 1. The van der Waals surface area contributed by atoms with E-state index in [-0.39, 0.29) is 5.91 Å². The van der Waals surface area contributed by atoms with E-state index in [9.17, 15) is 4.79 Å². The summed E-state index contributed by atoms with van der Waals surface area (Å²) in [5.74, 6) is -0.0191. The molecule has 0 fully saturated rings. The highest BCUT2D eigenvalue weighted by atomic mass is 16.1. The fourth-order valence-electron chi connectivity index (χ4n) is 1.37. The Hall–Kier alpha value is -1.25. The normalized spacial score (nSPS) is 10.0. The van der Waals surface area contributed by atoms with Crippen molar-refractivity contribution in [2.24, 2.45) is 0 Å². The molecule has 3 nitrogen and oxygen atoms in total. The van der Waals surface area contributed by atoms with Crippen LogP contribution in [0.5, 0.6) is 0 Å². The monoisotopic (exact) mass is 166 g/mol. The molecular formula is C9H14N2O. The molecule has 0 atom stereocenters. The summed E-state index contributed by atoms with van der Waals surface area (Å²) in [6, 6.07) is 0. The van der Waals surface area contributed by atoms with Gasteiger partial charge in [-0.05, 0) is 26.3 Å². The summed E-state index contributed by atoms with van der Waals surface area (Å²) in [7, 11) is 1.64. The van der Waals surface area contributed by atoms with Gasteiger partial charge in [0.2, 0.25) is 0 Å². The highest BCUT2D eigenvalue weighted by Gasteiger charge is 2.14. The van der Waals surface area contributed by atoms with Gasteiger partial charge in [0.1, 0.15) is 0 Å². The first kappa shape index (κ1) is 8.84. The average molecular weight is 166 g/mol. The zero-order valence-electron chi connectivity index (χ0n) is 7.91. The Morgan fingerprint density at radius 2 is 1.83 bits per heavy atom. The topological polar surface area (TPSA) is 44.9 Å². The van der Waals surface area contributed by atoms with Crippen LogP contribution in [0.4, 0.5) is 0 Å². The number of aryl methyl sites for hydroxylation is 2. The lowest BCUT2D eigenvalue weighted by molar-refractivity contribution is 0.0962. The summed E-state index contributed by atoms with van der Waals surface area (Å²) >= 11 is 0. The predicted octanol–water partition coefficient (Wildman–Crippen LogP) is 1.30. The summed E-state index contributed by atoms with van der Waals surface area (Å²) in [6.07, 6.45) is 0. The van der Waals surface area contributed by atoms with Gasteiger partial charge in [0, 0.05) is 18.4 Å². The van der Waals surface area contributed by atoms with E-state index in [0.29, 0.717) is 0 Å². The molecule has 3 heteroatoms. The van der Waals surface area contributed by atoms with Crippen LogP contribution in [0.3, 0.4) is 0 Å². The fraction of sp³-hybridized carbons (Fsp3) is 0.444. The molecule has 0 unspecified atom stereocenters. The van der Waals surface area contributed by atoms with Gasteiger partial charge in [-0.25, -0.2) is 0 Å². The third-order valence-electron chi connectivity index (χ3n) is 2.14. The maximum absolute atomic E-state index is 11.3. The van der Waals surface area contributed by atoms with Crippen molar-refractivity contribution in [2.45, 2.75) is 20.8 Å². The predicted molar refractivity (Wildman–Crippen MR) is 48.4 cm³/mol. The third-order valence-corrected chi connectivity index (χ3v) is 2.14. The summed E-state index contributed by atoms with van der Waals surface area (Å²) in [5.41, 5.74) is 3.80. The summed E-state index contributed by atoms with van der Waals surface area (Å²) in [4.78, 5) is 14.5. The molecule has 1 aromatic heterocycles. The van der Waals surface area contributed by atoms with Crippen LogP contribution < -0.4 is 5.32 Å². The van der Waals surface area contributed by atoms with E-state index in [0.717, 1.165) is 22.5 Å². The van der Waals surface area contributed by atoms with E-state index >= 15 is 0 Å². The molecular weight excluding hydrogens is 152 g/mol. The molecule has 0 bridgehead atoms. The average Bonchev–Trinajstić information content (AvgIpc) is 2.26. The number of H-pyrrole nitrogens is 1. The van der Waals surface area contributed by atoms with Crippen LogP contribution >= 0.6 is 0 Å².